The lowest BCUT2D eigenvalue weighted by Crippen LogP contribution is -2.46. The van der Waals surface area contributed by atoms with Gasteiger partial charge < -0.3 is 4.90 Å². The number of nitrogens with one attached hydrogen (secondary N) is 1. The summed E-state index contributed by atoms with van der Waals surface area (Å²) in [5.41, 5.74) is 1.56. The summed E-state index contributed by atoms with van der Waals surface area (Å²) in [4.78, 5) is 14.0. The van der Waals surface area contributed by atoms with Crippen LogP contribution >= 0.6 is 0 Å². The second-order valence-electron chi connectivity index (χ2n) is 6.33. The molecule has 0 aliphatic carbocycles. The third-order valence-corrected chi connectivity index (χ3v) is 7.66. The molecule has 0 bridgehead atoms. The van der Waals surface area contributed by atoms with Crippen LogP contribution in [-0.2, 0) is 24.7 Å². The van der Waals surface area contributed by atoms with Crippen LogP contribution in [0.2, 0.25) is 0 Å². The first-order valence-corrected chi connectivity index (χ1v) is 11.4. The van der Waals surface area contributed by atoms with Gasteiger partial charge in [0.15, 0.2) is 9.84 Å². The maximum atomic E-state index is 12.4. The van der Waals surface area contributed by atoms with E-state index < -0.39 is 25.8 Å². The van der Waals surface area contributed by atoms with E-state index >= 15 is 0 Å². The molecule has 0 spiro atoms. The van der Waals surface area contributed by atoms with E-state index in [0.29, 0.717) is 18.5 Å². The van der Waals surface area contributed by atoms with Crippen LogP contribution < -0.4 is 4.72 Å². The molecule has 140 valence electrons. The van der Waals surface area contributed by atoms with Crippen LogP contribution in [0, 0.1) is 13.8 Å². The summed E-state index contributed by atoms with van der Waals surface area (Å²) in [6.07, 6.45) is 0.395. The summed E-state index contributed by atoms with van der Waals surface area (Å²) in [7, 11) is -6.92. The summed E-state index contributed by atoms with van der Waals surface area (Å²) in [6, 6.07) is 4.59. The number of rotatable bonds is 6. The van der Waals surface area contributed by atoms with Crippen LogP contribution in [0.1, 0.15) is 24.5 Å². The van der Waals surface area contributed by atoms with E-state index in [-0.39, 0.29) is 29.0 Å². The summed E-state index contributed by atoms with van der Waals surface area (Å²) in [5, 5.41) is 0. The molecule has 1 saturated heterocycles. The van der Waals surface area contributed by atoms with Crippen LogP contribution in [0.4, 0.5) is 0 Å². The van der Waals surface area contributed by atoms with Crippen molar-refractivity contribution in [3.63, 3.8) is 0 Å². The van der Waals surface area contributed by atoms with E-state index in [1.54, 1.807) is 26.0 Å². The molecule has 0 aromatic heterocycles. The highest BCUT2D eigenvalue weighted by Gasteiger charge is 2.34. The number of hydrogen-bond acceptors (Lipinski definition) is 5. The number of carbonyl (C=O) groups is 1. The van der Waals surface area contributed by atoms with Crippen LogP contribution in [0.25, 0.3) is 0 Å². The van der Waals surface area contributed by atoms with E-state index in [4.69, 9.17) is 0 Å². The molecule has 2 rings (SSSR count). The number of nitrogens with zero attached hydrogens (tertiary/aromatic N) is 1. The van der Waals surface area contributed by atoms with Crippen molar-refractivity contribution in [3.05, 3.63) is 29.3 Å². The Morgan fingerprint density at radius 2 is 2.00 bits per heavy atom. The number of likely N-dealkylation sites (N-methyl/N-ethyl adjacent to an activating group) is 1. The molecule has 1 heterocycles. The smallest absolute Gasteiger partial charge is 0.241 e. The minimum absolute atomic E-state index is 0.0591. The minimum atomic E-state index is -3.81. The molecule has 1 fully saturated rings. The lowest BCUT2D eigenvalue weighted by molar-refractivity contribution is -0.131. The Balaban J connectivity index is 2.07. The highest BCUT2D eigenvalue weighted by atomic mass is 32.2. The molecule has 1 aliphatic rings. The molecule has 25 heavy (non-hydrogen) atoms. The van der Waals surface area contributed by atoms with Gasteiger partial charge >= 0.3 is 0 Å². The van der Waals surface area contributed by atoms with Gasteiger partial charge in [-0.25, -0.2) is 21.6 Å². The molecule has 1 aliphatic heterocycles. The summed E-state index contributed by atoms with van der Waals surface area (Å²) in [6.45, 7) is 5.27. The number of hydrogen-bond donors (Lipinski definition) is 1. The van der Waals surface area contributed by atoms with Gasteiger partial charge in [-0.2, -0.15) is 0 Å². The molecule has 0 radical (unpaired) electrons. The first-order chi connectivity index (χ1) is 11.6. The van der Waals surface area contributed by atoms with Crippen molar-refractivity contribution >= 4 is 25.8 Å². The first-order valence-electron chi connectivity index (χ1n) is 8.12. The Bertz CT molecular complexity index is 863. The van der Waals surface area contributed by atoms with Gasteiger partial charge in [0.25, 0.3) is 0 Å². The van der Waals surface area contributed by atoms with Gasteiger partial charge in [-0.3, -0.25) is 4.79 Å². The Morgan fingerprint density at radius 1 is 1.32 bits per heavy atom. The van der Waals surface area contributed by atoms with Gasteiger partial charge in [0.05, 0.1) is 22.9 Å². The number of carbonyl (C=O) groups excluding carboxylic acids is 1. The topological polar surface area (TPSA) is 101 Å². The second-order valence-corrected chi connectivity index (χ2v) is 10.3. The Kier molecular flexibility index (Phi) is 5.90. The van der Waals surface area contributed by atoms with E-state index in [1.165, 1.54) is 11.0 Å². The van der Waals surface area contributed by atoms with E-state index in [0.717, 1.165) is 5.56 Å². The number of aryl methyl sites for hydroxylation is 2. The fourth-order valence-electron chi connectivity index (χ4n) is 3.10. The van der Waals surface area contributed by atoms with Crippen molar-refractivity contribution in [2.24, 2.45) is 0 Å². The fourth-order valence-corrected chi connectivity index (χ4v) is 6.03. The van der Waals surface area contributed by atoms with Gasteiger partial charge in [-0.1, -0.05) is 17.7 Å². The first kappa shape index (κ1) is 19.9. The zero-order valence-corrected chi connectivity index (χ0v) is 16.3. The standard InChI is InChI=1S/C16H24N2O5S2/c1-4-18(14-7-8-24(20,21)11-14)16(19)10-17-25(22,23)15-6-5-12(2)9-13(15)3/h5-6,9,14,17H,4,7-8,10-11H2,1-3H3. The minimum Gasteiger partial charge on any atom is -0.338 e. The van der Waals surface area contributed by atoms with E-state index in [2.05, 4.69) is 4.72 Å². The molecule has 1 aromatic carbocycles. The number of sulfonamides is 1. The van der Waals surface area contributed by atoms with Gasteiger partial charge in [0.2, 0.25) is 15.9 Å². The summed E-state index contributed by atoms with van der Waals surface area (Å²) in [5.74, 6) is -0.412. The molecule has 1 amide bonds. The van der Waals surface area contributed by atoms with Crippen LogP contribution in [0.15, 0.2) is 23.1 Å². The summed E-state index contributed by atoms with van der Waals surface area (Å²) < 4.78 is 50.4. The Labute approximate surface area is 149 Å². The summed E-state index contributed by atoms with van der Waals surface area (Å²) >= 11 is 0. The normalized spacial score (nSPS) is 19.7. The van der Waals surface area contributed by atoms with Crippen LogP contribution in [0.5, 0.6) is 0 Å². The predicted octanol–water partition coefficient (Wildman–Crippen LogP) is 0.617. The SMILES string of the molecule is CCN(C(=O)CNS(=O)(=O)c1ccc(C)cc1C)C1CCS(=O)(=O)C1. The third kappa shape index (κ3) is 4.80. The molecule has 1 aromatic rings. The largest absolute Gasteiger partial charge is 0.338 e. The van der Waals surface area contributed by atoms with Gasteiger partial charge in [-0.05, 0) is 38.8 Å². The number of sulfone groups is 1. The molecule has 0 saturated carbocycles. The molecular weight excluding hydrogens is 364 g/mol. The highest BCUT2D eigenvalue weighted by molar-refractivity contribution is 7.91. The van der Waals surface area contributed by atoms with Crippen LogP contribution in [0.3, 0.4) is 0 Å². The van der Waals surface area contributed by atoms with E-state index in [1.807, 2.05) is 6.92 Å². The zero-order valence-electron chi connectivity index (χ0n) is 14.6. The molecule has 9 heteroatoms. The third-order valence-electron chi connectivity index (χ3n) is 4.34. The van der Waals surface area contributed by atoms with Gasteiger partial charge in [0.1, 0.15) is 0 Å². The molecule has 7 nitrogen and oxygen atoms in total. The maximum Gasteiger partial charge on any atom is 0.241 e. The highest BCUT2D eigenvalue weighted by Crippen LogP contribution is 2.19. The van der Waals surface area contributed by atoms with Gasteiger partial charge in [0, 0.05) is 12.6 Å². The molecule has 1 N–H and O–H groups in total. The number of benzene rings is 1. The quantitative estimate of drug-likeness (QED) is 0.770. The van der Waals surface area contributed by atoms with Crippen molar-refractivity contribution in [2.45, 2.75) is 38.1 Å². The Morgan fingerprint density at radius 3 is 2.52 bits per heavy atom. The van der Waals surface area contributed by atoms with Crippen molar-refractivity contribution in [2.75, 3.05) is 24.6 Å². The fraction of sp³-hybridized carbons (Fsp3) is 0.562. The lowest BCUT2D eigenvalue weighted by Gasteiger charge is -2.27. The average Bonchev–Trinajstić information content (AvgIpc) is 2.85. The predicted molar refractivity (Wildman–Crippen MR) is 95.6 cm³/mol. The second kappa shape index (κ2) is 7.43. The van der Waals surface area contributed by atoms with Crippen molar-refractivity contribution in [1.29, 1.82) is 0 Å². The van der Waals surface area contributed by atoms with E-state index in [9.17, 15) is 21.6 Å². The van der Waals surface area contributed by atoms with Gasteiger partial charge in [-0.15, -0.1) is 0 Å². The maximum absolute atomic E-state index is 12.4. The zero-order chi connectivity index (χ0) is 18.8. The monoisotopic (exact) mass is 388 g/mol. The molecular formula is C16H24N2O5S2. The average molecular weight is 389 g/mol. The van der Waals surface area contributed by atoms with Crippen LogP contribution in [-0.4, -0.2) is 58.3 Å². The molecule has 1 unspecified atom stereocenters. The Hall–Kier alpha value is -1.45. The van der Waals surface area contributed by atoms with Crippen molar-refractivity contribution in [3.8, 4) is 0 Å². The molecule has 1 atom stereocenters. The lowest BCUT2D eigenvalue weighted by atomic mass is 10.2. The van der Waals surface area contributed by atoms with Crippen molar-refractivity contribution in [1.82, 2.24) is 9.62 Å². The van der Waals surface area contributed by atoms with Crippen molar-refractivity contribution < 1.29 is 21.6 Å². The number of amides is 1.